The maximum atomic E-state index is 13.8. The van der Waals surface area contributed by atoms with Crippen LogP contribution in [0.2, 0.25) is 0 Å². The third kappa shape index (κ3) is 4.58. The predicted octanol–water partition coefficient (Wildman–Crippen LogP) is 3.36. The summed E-state index contributed by atoms with van der Waals surface area (Å²) in [5.41, 5.74) is 1.86. The lowest BCUT2D eigenvalue weighted by Gasteiger charge is -2.25. The van der Waals surface area contributed by atoms with E-state index < -0.39 is 0 Å². The predicted molar refractivity (Wildman–Crippen MR) is 95.7 cm³/mol. The van der Waals surface area contributed by atoms with Crippen molar-refractivity contribution < 1.29 is 18.7 Å². The zero-order valence-corrected chi connectivity index (χ0v) is 14.9. The number of benzene rings is 1. The van der Waals surface area contributed by atoms with Gasteiger partial charge in [0.15, 0.2) is 0 Å². The molecule has 6 heteroatoms. The quantitative estimate of drug-likeness (QED) is 0.784. The molecule has 1 aliphatic heterocycles. The first-order valence-corrected chi connectivity index (χ1v) is 8.85. The summed E-state index contributed by atoms with van der Waals surface area (Å²) >= 11 is 0. The summed E-state index contributed by atoms with van der Waals surface area (Å²) in [6.45, 7) is 4.09. The highest BCUT2D eigenvalue weighted by molar-refractivity contribution is 5.95. The van der Waals surface area contributed by atoms with Crippen LogP contribution in [0, 0.1) is 12.7 Å². The second kappa shape index (κ2) is 8.76. The number of rotatable bonds is 1. The largest absolute Gasteiger partial charge is 0.493 e. The van der Waals surface area contributed by atoms with Crippen LogP contribution in [0.15, 0.2) is 36.5 Å². The van der Waals surface area contributed by atoms with Gasteiger partial charge < -0.3 is 14.4 Å². The van der Waals surface area contributed by atoms with Gasteiger partial charge in [0.2, 0.25) is 0 Å². The summed E-state index contributed by atoms with van der Waals surface area (Å²) in [4.78, 5) is 18.9. The van der Waals surface area contributed by atoms with Crippen molar-refractivity contribution in [3.63, 3.8) is 0 Å². The van der Waals surface area contributed by atoms with E-state index in [1.54, 1.807) is 36.2 Å². The number of nitrogens with zero attached hydrogens (tertiary/aromatic N) is 2. The van der Waals surface area contributed by atoms with Gasteiger partial charge >= 0.3 is 0 Å². The molecule has 5 nitrogen and oxygen atoms in total. The average Bonchev–Trinajstić information content (AvgIpc) is 2.62. The molecule has 1 amide bonds. The van der Waals surface area contributed by atoms with E-state index >= 15 is 0 Å². The summed E-state index contributed by atoms with van der Waals surface area (Å²) in [5, 5.41) is 0. The molecule has 0 bridgehead atoms. The molecule has 1 aromatic carbocycles. The Hall–Kier alpha value is -2.47. The molecule has 0 fully saturated rings. The first kappa shape index (κ1) is 18.3. The molecule has 0 saturated carbocycles. The molecular weight excluding hydrogens is 335 g/mol. The van der Waals surface area contributed by atoms with E-state index in [0.717, 1.165) is 12.8 Å². The highest BCUT2D eigenvalue weighted by Crippen LogP contribution is 2.23. The molecule has 26 heavy (non-hydrogen) atoms. The van der Waals surface area contributed by atoms with Crippen LogP contribution in [-0.4, -0.2) is 42.2 Å². The standard InChI is InChI=1S/C20H23FN2O3/c1-15-18(5-4-8-22-15)20(24)23-9-12-25-10-2-3-11-26-19-7-6-17(21)13-16(19)14-23/h4-8,13H,2-3,9-12,14H2,1H3. The molecule has 0 spiro atoms. The molecule has 0 unspecified atom stereocenters. The van der Waals surface area contributed by atoms with Crippen LogP contribution >= 0.6 is 0 Å². The Morgan fingerprint density at radius 2 is 2.04 bits per heavy atom. The Balaban J connectivity index is 1.90. The van der Waals surface area contributed by atoms with E-state index in [-0.39, 0.29) is 18.3 Å². The van der Waals surface area contributed by atoms with Gasteiger partial charge in [0.1, 0.15) is 11.6 Å². The fraction of sp³-hybridized carbons (Fsp3) is 0.400. The number of ether oxygens (including phenoxy) is 2. The van der Waals surface area contributed by atoms with Crippen LogP contribution in [0.1, 0.15) is 34.5 Å². The molecule has 2 aromatic rings. The first-order chi connectivity index (χ1) is 12.6. The summed E-state index contributed by atoms with van der Waals surface area (Å²) < 4.78 is 25.2. The third-order valence-electron chi connectivity index (χ3n) is 4.35. The first-order valence-electron chi connectivity index (χ1n) is 8.85. The van der Waals surface area contributed by atoms with Crippen molar-refractivity contribution in [3.8, 4) is 5.75 Å². The number of pyridine rings is 1. The van der Waals surface area contributed by atoms with Crippen LogP contribution in [-0.2, 0) is 11.3 Å². The van der Waals surface area contributed by atoms with Gasteiger partial charge in [-0.3, -0.25) is 9.78 Å². The van der Waals surface area contributed by atoms with Crippen molar-refractivity contribution in [2.75, 3.05) is 26.4 Å². The number of hydrogen-bond acceptors (Lipinski definition) is 4. The lowest BCUT2D eigenvalue weighted by Crippen LogP contribution is -2.34. The summed E-state index contributed by atoms with van der Waals surface area (Å²) in [6, 6.07) is 7.93. The second-order valence-electron chi connectivity index (χ2n) is 6.28. The van der Waals surface area contributed by atoms with Gasteiger partial charge in [0.05, 0.1) is 18.8 Å². The molecular formula is C20H23FN2O3. The van der Waals surface area contributed by atoms with Gasteiger partial charge in [-0.25, -0.2) is 4.39 Å². The molecule has 1 aliphatic rings. The molecule has 138 valence electrons. The van der Waals surface area contributed by atoms with Gasteiger partial charge in [0, 0.05) is 37.2 Å². The fourth-order valence-corrected chi connectivity index (χ4v) is 2.92. The number of aryl methyl sites for hydroxylation is 1. The zero-order valence-electron chi connectivity index (χ0n) is 14.9. The van der Waals surface area contributed by atoms with Gasteiger partial charge in [-0.15, -0.1) is 0 Å². The number of aromatic nitrogens is 1. The summed E-state index contributed by atoms with van der Waals surface area (Å²) in [5.74, 6) is 0.126. The second-order valence-corrected chi connectivity index (χ2v) is 6.28. The minimum absolute atomic E-state index is 0.147. The number of carbonyl (C=O) groups is 1. The third-order valence-corrected chi connectivity index (χ3v) is 4.35. The van der Waals surface area contributed by atoms with Gasteiger partial charge in [0.25, 0.3) is 5.91 Å². The minimum atomic E-state index is -0.347. The van der Waals surface area contributed by atoms with E-state index in [4.69, 9.17) is 9.47 Å². The summed E-state index contributed by atoms with van der Waals surface area (Å²) in [7, 11) is 0. The van der Waals surface area contributed by atoms with E-state index in [2.05, 4.69) is 4.98 Å². The number of halogens is 1. The van der Waals surface area contributed by atoms with Crippen molar-refractivity contribution >= 4 is 5.91 Å². The maximum absolute atomic E-state index is 13.8. The highest BCUT2D eigenvalue weighted by atomic mass is 19.1. The Morgan fingerprint density at radius 1 is 1.19 bits per heavy atom. The topological polar surface area (TPSA) is 51.7 Å². The highest BCUT2D eigenvalue weighted by Gasteiger charge is 2.20. The molecule has 0 aliphatic carbocycles. The summed E-state index contributed by atoms with van der Waals surface area (Å²) in [6.07, 6.45) is 3.41. The molecule has 0 N–H and O–H groups in total. The van der Waals surface area contributed by atoms with Crippen LogP contribution in [0.3, 0.4) is 0 Å². The van der Waals surface area contributed by atoms with Crippen LogP contribution < -0.4 is 4.74 Å². The Morgan fingerprint density at radius 3 is 2.88 bits per heavy atom. The number of amides is 1. The van der Waals surface area contributed by atoms with E-state index in [9.17, 15) is 9.18 Å². The van der Waals surface area contributed by atoms with Crippen molar-refractivity contribution in [3.05, 3.63) is 59.2 Å². The number of fused-ring (bicyclic) bond motifs is 1. The van der Waals surface area contributed by atoms with Crippen LogP contribution in [0.4, 0.5) is 4.39 Å². The lowest BCUT2D eigenvalue weighted by molar-refractivity contribution is 0.0606. The number of carbonyl (C=O) groups excluding carboxylic acids is 1. The van der Waals surface area contributed by atoms with E-state index in [0.29, 0.717) is 48.9 Å². The van der Waals surface area contributed by atoms with Crippen molar-refractivity contribution in [1.29, 1.82) is 0 Å². The molecule has 0 radical (unpaired) electrons. The maximum Gasteiger partial charge on any atom is 0.256 e. The Labute approximate surface area is 152 Å². The number of hydrogen-bond donors (Lipinski definition) is 0. The fourth-order valence-electron chi connectivity index (χ4n) is 2.92. The van der Waals surface area contributed by atoms with Crippen molar-refractivity contribution in [2.24, 2.45) is 0 Å². The van der Waals surface area contributed by atoms with Gasteiger partial charge in [-0.2, -0.15) is 0 Å². The van der Waals surface area contributed by atoms with Gasteiger partial charge in [-0.1, -0.05) is 0 Å². The van der Waals surface area contributed by atoms with Crippen LogP contribution in [0.25, 0.3) is 0 Å². The van der Waals surface area contributed by atoms with Crippen LogP contribution in [0.5, 0.6) is 5.75 Å². The van der Waals surface area contributed by atoms with Crippen molar-refractivity contribution in [2.45, 2.75) is 26.3 Å². The Bertz CT molecular complexity index is 766. The normalized spacial score (nSPS) is 16.0. The lowest BCUT2D eigenvalue weighted by atomic mass is 10.1. The monoisotopic (exact) mass is 358 g/mol. The average molecular weight is 358 g/mol. The molecule has 3 rings (SSSR count). The van der Waals surface area contributed by atoms with E-state index in [1.165, 1.54) is 12.1 Å². The molecule has 0 saturated heterocycles. The SMILES string of the molecule is Cc1ncccc1C(=O)N1CCOCCCCOc2ccc(F)cc2C1. The molecule has 1 aromatic heterocycles. The van der Waals surface area contributed by atoms with E-state index in [1.807, 2.05) is 0 Å². The van der Waals surface area contributed by atoms with Crippen molar-refractivity contribution in [1.82, 2.24) is 9.88 Å². The smallest absolute Gasteiger partial charge is 0.256 e. The molecule has 2 heterocycles. The zero-order chi connectivity index (χ0) is 18.4. The Kier molecular flexibility index (Phi) is 6.17. The van der Waals surface area contributed by atoms with Gasteiger partial charge in [-0.05, 0) is 50.1 Å². The molecule has 0 atom stereocenters. The minimum Gasteiger partial charge on any atom is -0.493 e.